The predicted molar refractivity (Wildman–Crippen MR) is 178 cm³/mol. The number of ether oxygens (including phenoxy) is 2. The minimum Gasteiger partial charge on any atom is -0.508 e. The van der Waals surface area contributed by atoms with Crippen molar-refractivity contribution in [3.05, 3.63) is 58.4 Å². The summed E-state index contributed by atoms with van der Waals surface area (Å²) in [6.07, 6.45) is 9.07. The monoisotopic (exact) mass is 654 g/mol. The van der Waals surface area contributed by atoms with E-state index in [1.807, 2.05) is 0 Å². The number of aliphatic hydroxyl groups excluding tert-OH is 4. The van der Waals surface area contributed by atoms with Crippen molar-refractivity contribution >= 4 is 16.9 Å². The van der Waals surface area contributed by atoms with Crippen molar-refractivity contribution in [1.82, 2.24) is 0 Å². The molecule has 5 atom stereocenters. The number of phenolic OH excluding ortho intramolecular Hbond substituents is 1. The molecule has 1 unspecified atom stereocenters. The van der Waals surface area contributed by atoms with Crippen LogP contribution in [0.4, 0.5) is 0 Å². The van der Waals surface area contributed by atoms with Crippen molar-refractivity contribution in [3.63, 3.8) is 0 Å². The Morgan fingerprint density at radius 2 is 1.38 bits per heavy atom. The lowest BCUT2D eigenvalue weighted by atomic mass is 9.89. The lowest BCUT2D eigenvalue weighted by Gasteiger charge is -2.40. The number of esters is 1. The molecule has 47 heavy (non-hydrogen) atoms. The van der Waals surface area contributed by atoms with Crippen molar-refractivity contribution in [2.45, 2.75) is 127 Å². The van der Waals surface area contributed by atoms with Gasteiger partial charge in [0.15, 0.2) is 0 Å². The zero-order valence-corrected chi connectivity index (χ0v) is 27.3. The molecular weight excluding hydrogens is 604 g/mol. The third-order valence-corrected chi connectivity index (χ3v) is 9.00. The van der Waals surface area contributed by atoms with Gasteiger partial charge in [0.1, 0.15) is 53.9 Å². The number of benzene rings is 2. The quantitative estimate of drug-likeness (QED) is 0.0617. The summed E-state index contributed by atoms with van der Waals surface area (Å²) < 4.78 is 17.5. The van der Waals surface area contributed by atoms with Gasteiger partial charge in [-0.25, -0.2) is 0 Å². The molecule has 4 rings (SSSR count). The molecule has 1 aliphatic heterocycles. The molecule has 0 radical (unpaired) electrons. The average Bonchev–Trinajstić information content (AvgIpc) is 3.07. The minimum absolute atomic E-state index is 0.00692. The van der Waals surface area contributed by atoms with Crippen LogP contribution >= 0.6 is 0 Å². The normalized spacial score (nSPS) is 21.3. The van der Waals surface area contributed by atoms with E-state index in [0.29, 0.717) is 12.0 Å². The van der Waals surface area contributed by atoms with Crippen molar-refractivity contribution in [2.75, 3.05) is 6.61 Å². The number of aromatic hydroxyl groups is 1. The van der Waals surface area contributed by atoms with E-state index in [1.165, 1.54) is 88.3 Å². The van der Waals surface area contributed by atoms with Gasteiger partial charge < -0.3 is 39.4 Å². The van der Waals surface area contributed by atoms with Gasteiger partial charge in [-0.1, -0.05) is 96.1 Å². The highest BCUT2D eigenvalue weighted by Crippen LogP contribution is 2.41. The van der Waals surface area contributed by atoms with Crippen LogP contribution in [-0.2, 0) is 9.53 Å². The third kappa shape index (κ3) is 9.64. The second kappa shape index (κ2) is 18.3. The number of phenols is 1. The molecule has 1 fully saturated rings. The third-order valence-electron chi connectivity index (χ3n) is 9.00. The van der Waals surface area contributed by atoms with Crippen molar-refractivity contribution in [1.29, 1.82) is 0 Å². The zero-order valence-electron chi connectivity index (χ0n) is 27.3. The maximum atomic E-state index is 13.6. The van der Waals surface area contributed by atoms with E-state index < -0.39 is 48.5 Å². The highest BCUT2D eigenvalue weighted by Gasteiger charge is 2.46. The molecule has 0 saturated carbocycles. The fourth-order valence-electron chi connectivity index (χ4n) is 6.20. The van der Waals surface area contributed by atoms with Gasteiger partial charge in [-0.15, -0.1) is 0 Å². The summed E-state index contributed by atoms with van der Waals surface area (Å²) >= 11 is 0. The molecule has 10 heteroatoms. The summed E-state index contributed by atoms with van der Waals surface area (Å²) in [6.45, 7) is 1.57. The number of rotatable bonds is 18. The van der Waals surface area contributed by atoms with Crippen LogP contribution in [0.15, 0.2) is 51.9 Å². The van der Waals surface area contributed by atoms with E-state index in [0.717, 1.165) is 19.3 Å². The van der Waals surface area contributed by atoms with E-state index in [2.05, 4.69) is 6.92 Å². The van der Waals surface area contributed by atoms with Crippen LogP contribution < -0.4 is 10.2 Å². The first kappa shape index (κ1) is 36.6. The van der Waals surface area contributed by atoms with Gasteiger partial charge >= 0.3 is 5.97 Å². The Hall–Kier alpha value is -3.28. The lowest BCUT2D eigenvalue weighted by Crippen LogP contribution is -2.55. The van der Waals surface area contributed by atoms with Crippen LogP contribution in [0.1, 0.15) is 108 Å². The zero-order chi connectivity index (χ0) is 33.8. The minimum atomic E-state index is -1.70. The lowest BCUT2D eigenvalue weighted by molar-refractivity contribution is -0.231. The molecule has 1 saturated heterocycles. The Morgan fingerprint density at radius 3 is 1.98 bits per heavy atom. The molecule has 3 aromatic rings. The molecule has 2 heterocycles. The molecule has 10 nitrogen and oxygen atoms in total. The van der Waals surface area contributed by atoms with Crippen LogP contribution in [0.3, 0.4) is 0 Å². The van der Waals surface area contributed by atoms with Gasteiger partial charge in [0.2, 0.25) is 5.43 Å². The fourth-order valence-corrected chi connectivity index (χ4v) is 6.20. The Labute approximate surface area is 276 Å². The van der Waals surface area contributed by atoms with Crippen LogP contribution in [0.5, 0.6) is 11.5 Å². The predicted octanol–water partition coefficient (Wildman–Crippen LogP) is 6.07. The van der Waals surface area contributed by atoms with Crippen molar-refractivity contribution in [3.8, 4) is 22.6 Å². The summed E-state index contributed by atoms with van der Waals surface area (Å²) in [5.41, 5.74) is 0.263. The molecule has 0 spiro atoms. The highest BCUT2D eigenvalue weighted by atomic mass is 16.6. The number of hydrogen-bond acceptors (Lipinski definition) is 10. The summed E-state index contributed by atoms with van der Waals surface area (Å²) in [6, 6.07) is 8.89. The standard InChI is InChI=1S/C37H50O10/c1-2-3-4-5-6-7-8-9-10-11-12-13-14-15-30(40)46-28-21-20-26-32(41)27(24-16-18-25(39)19-17-24)23-45-36(26)31(28)37-35(44)34(43)33(42)29(22-38)47-37/h16-21,23,29,33-35,37-39,42-44H,2-15,22H2,1H3/t29-,33-,34+,35-,37?/m1/s1. The molecule has 258 valence electrons. The molecule has 1 aromatic heterocycles. The first-order valence-electron chi connectivity index (χ1n) is 17.2. The SMILES string of the molecule is CCCCCCCCCCCCCCCC(=O)Oc1ccc2c(=O)c(-c3ccc(O)cc3)coc2c1C1O[C@H](CO)[C@@H](O)[C@H](O)[C@H]1O. The van der Waals surface area contributed by atoms with Gasteiger partial charge in [0.25, 0.3) is 0 Å². The molecular formula is C37H50O10. The van der Waals surface area contributed by atoms with E-state index in [4.69, 9.17) is 13.9 Å². The summed E-state index contributed by atoms with van der Waals surface area (Å²) in [4.78, 5) is 26.6. The van der Waals surface area contributed by atoms with Crippen LogP contribution in [0, 0.1) is 0 Å². The largest absolute Gasteiger partial charge is 0.508 e. The number of fused-ring (bicyclic) bond motifs is 1. The highest BCUT2D eigenvalue weighted by molar-refractivity contribution is 5.87. The van der Waals surface area contributed by atoms with E-state index in [9.17, 15) is 35.1 Å². The molecule has 2 aromatic carbocycles. The number of aliphatic hydroxyl groups is 4. The molecule has 0 aliphatic carbocycles. The summed E-state index contributed by atoms with van der Waals surface area (Å²) in [5.74, 6) is -0.502. The van der Waals surface area contributed by atoms with Crippen LogP contribution in [0.25, 0.3) is 22.1 Å². The average molecular weight is 655 g/mol. The first-order valence-corrected chi connectivity index (χ1v) is 17.2. The fraction of sp³-hybridized carbons (Fsp3) is 0.568. The van der Waals surface area contributed by atoms with Gasteiger partial charge in [0.05, 0.1) is 23.1 Å². The van der Waals surface area contributed by atoms with E-state index in [-0.39, 0.29) is 40.0 Å². The number of unbranched alkanes of at least 4 members (excludes halogenated alkanes) is 12. The van der Waals surface area contributed by atoms with E-state index in [1.54, 1.807) is 12.1 Å². The van der Waals surface area contributed by atoms with Gasteiger partial charge in [0, 0.05) is 6.42 Å². The molecule has 0 amide bonds. The number of hydrogen-bond donors (Lipinski definition) is 5. The summed E-state index contributed by atoms with van der Waals surface area (Å²) in [5, 5.41) is 51.4. The molecule has 1 aliphatic rings. The van der Waals surface area contributed by atoms with Crippen molar-refractivity contribution in [2.24, 2.45) is 0 Å². The Bertz CT molecular complexity index is 1460. The maximum Gasteiger partial charge on any atom is 0.311 e. The maximum absolute atomic E-state index is 13.6. The van der Waals surface area contributed by atoms with E-state index >= 15 is 0 Å². The van der Waals surface area contributed by atoms with Gasteiger partial charge in [-0.05, 0) is 36.2 Å². The van der Waals surface area contributed by atoms with Crippen molar-refractivity contribution < 1.29 is 44.2 Å². The van der Waals surface area contributed by atoms with Gasteiger partial charge in [-0.2, -0.15) is 0 Å². The molecule has 0 bridgehead atoms. The Morgan fingerprint density at radius 1 is 0.787 bits per heavy atom. The topological polar surface area (TPSA) is 167 Å². The first-order chi connectivity index (χ1) is 22.8. The molecule has 5 N–H and O–H groups in total. The van der Waals surface area contributed by atoms with Crippen LogP contribution in [0.2, 0.25) is 0 Å². The second-order valence-electron chi connectivity index (χ2n) is 12.6. The Balaban J connectivity index is 1.44. The van der Waals surface area contributed by atoms with Crippen LogP contribution in [-0.4, -0.2) is 62.5 Å². The number of carbonyl (C=O) groups is 1. The van der Waals surface area contributed by atoms with Gasteiger partial charge in [-0.3, -0.25) is 9.59 Å². The smallest absolute Gasteiger partial charge is 0.311 e. The number of carbonyl (C=O) groups excluding carboxylic acids is 1. The summed E-state index contributed by atoms with van der Waals surface area (Å²) in [7, 11) is 0. The second-order valence-corrected chi connectivity index (χ2v) is 12.6. The Kier molecular flexibility index (Phi) is 14.2.